The van der Waals surface area contributed by atoms with Crippen LogP contribution in [-0.2, 0) is 22.9 Å². The van der Waals surface area contributed by atoms with Crippen molar-refractivity contribution in [3.8, 4) is 6.07 Å². The zero-order valence-electron chi connectivity index (χ0n) is 15.4. The molecule has 0 aliphatic heterocycles. The Morgan fingerprint density at radius 1 is 0.931 bits per heavy atom. The molecule has 0 bridgehead atoms. The molecule has 0 spiro atoms. The second-order valence-corrected chi connectivity index (χ2v) is 8.07. The lowest BCUT2D eigenvalue weighted by Gasteiger charge is -2.11. The first-order valence-electron chi connectivity index (χ1n) is 8.82. The second-order valence-electron chi connectivity index (χ2n) is 6.42. The van der Waals surface area contributed by atoms with Gasteiger partial charge in [0.15, 0.2) is 0 Å². The van der Waals surface area contributed by atoms with Crippen LogP contribution in [0, 0.1) is 11.3 Å². The Bertz CT molecular complexity index is 1180. The van der Waals surface area contributed by atoms with Gasteiger partial charge in [-0.05, 0) is 60.4 Å². The van der Waals surface area contributed by atoms with Crippen molar-refractivity contribution >= 4 is 21.7 Å². The van der Waals surface area contributed by atoms with Gasteiger partial charge in [0, 0.05) is 5.69 Å². The number of hydrogen-bond donors (Lipinski definition) is 2. The van der Waals surface area contributed by atoms with Crippen LogP contribution in [-0.4, -0.2) is 19.5 Å². The molecule has 0 saturated carbocycles. The monoisotopic (exact) mass is 406 g/mol. The molecular weight excluding hydrogens is 388 g/mol. The Labute approximate surface area is 169 Å². The minimum absolute atomic E-state index is 0.0635. The molecule has 0 atom stereocenters. The average molecular weight is 406 g/mol. The number of carboxylic acids is 1. The topological polar surface area (TPSA) is 107 Å². The standard InChI is InChI=1S/C22H18N2O4S/c23-15-19-5-1-2-7-21(19)29(27,28)24-20-6-3-4-17(14-20)9-8-16-10-12-18(13-11-16)22(25)26/h1-7,10-14,24H,8-9H2,(H,25,26). The van der Waals surface area contributed by atoms with Crippen molar-refractivity contribution in [1.29, 1.82) is 5.26 Å². The van der Waals surface area contributed by atoms with Crippen LogP contribution >= 0.6 is 0 Å². The summed E-state index contributed by atoms with van der Waals surface area (Å²) in [5.41, 5.74) is 2.66. The summed E-state index contributed by atoms with van der Waals surface area (Å²) in [6.07, 6.45) is 1.35. The van der Waals surface area contributed by atoms with Crippen LogP contribution in [0.2, 0.25) is 0 Å². The third-order valence-corrected chi connectivity index (χ3v) is 5.82. The minimum atomic E-state index is -3.88. The van der Waals surface area contributed by atoms with Gasteiger partial charge in [0.05, 0.1) is 11.1 Å². The molecule has 3 aromatic rings. The third-order valence-electron chi connectivity index (χ3n) is 4.38. The van der Waals surface area contributed by atoms with E-state index in [1.807, 2.05) is 12.1 Å². The van der Waals surface area contributed by atoms with Gasteiger partial charge in [0.2, 0.25) is 0 Å². The van der Waals surface area contributed by atoms with Gasteiger partial charge in [-0.25, -0.2) is 13.2 Å². The van der Waals surface area contributed by atoms with Gasteiger partial charge in [-0.2, -0.15) is 5.26 Å². The number of nitrogens with zero attached hydrogens (tertiary/aromatic N) is 1. The van der Waals surface area contributed by atoms with E-state index in [0.29, 0.717) is 18.5 Å². The van der Waals surface area contributed by atoms with E-state index in [1.54, 1.807) is 54.6 Å². The molecule has 0 radical (unpaired) electrons. The zero-order valence-corrected chi connectivity index (χ0v) is 16.2. The summed E-state index contributed by atoms with van der Waals surface area (Å²) < 4.78 is 27.8. The van der Waals surface area contributed by atoms with Crippen molar-refractivity contribution < 1.29 is 18.3 Å². The van der Waals surface area contributed by atoms with Gasteiger partial charge < -0.3 is 5.11 Å². The van der Waals surface area contributed by atoms with Gasteiger partial charge in [0.1, 0.15) is 11.0 Å². The fourth-order valence-electron chi connectivity index (χ4n) is 2.90. The molecule has 3 rings (SSSR count). The van der Waals surface area contributed by atoms with E-state index in [0.717, 1.165) is 11.1 Å². The maximum Gasteiger partial charge on any atom is 0.335 e. The third kappa shape index (κ3) is 5.00. The predicted molar refractivity (Wildman–Crippen MR) is 109 cm³/mol. The largest absolute Gasteiger partial charge is 0.478 e. The van der Waals surface area contributed by atoms with Crippen LogP contribution in [0.5, 0.6) is 0 Å². The number of rotatable bonds is 7. The van der Waals surface area contributed by atoms with E-state index >= 15 is 0 Å². The SMILES string of the molecule is N#Cc1ccccc1S(=O)(=O)Nc1cccc(CCc2ccc(C(=O)O)cc2)c1. The fourth-order valence-corrected chi connectivity index (χ4v) is 4.10. The van der Waals surface area contributed by atoms with E-state index in [1.165, 1.54) is 12.1 Å². The van der Waals surface area contributed by atoms with Crippen LogP contribution in [0.15, 0.2) is 77.7 Å². The predicted octanol–water partition coefficient (Wildman–Crippen LogP) is 3.84. The van der Waals surface area contributed by atoms with Crippen LogP contribution in [0.3, 0.4) is 0 Å². The lowest BCUT2D eigenvalue weighted by Crippen LogP contribution is -2.14. The highest BCUT2D eigenvalue weighted by atomic mass is 32.2. The molecule has 6 nitrogen and oxygen atoms in total. The number of benzene rings is 3. The first kappa shape index (κ1) is 20.1. The Hall–Kier alpha value is -3.63. The van der Waals surface area contributed by atoms with E-state index in [-0.39, 0.29) is 16.0 Å². The summed E-state index contributed by atoms with van der Waals surface area (Å²) in [7, 11) is -3.88. The van der Waals surface area contributed by atoms with Crippen molar-refractivity contribution in [2.45, 2.75) is 17.7 Å². The summed E-state index contributed by atoms with van der Waals surface area (Å²) in [6, 6.07) is 21.7. The summed E-state index contributed by atoms with van der Waals surface area (Å²) in [4.78, 5) is 10.8. The number of carboxylic acid groups (broad SMARTS) is 1. The number of aryl methyl sites for hydroxylation is 2. The number of nitrogens with one attached hydrogen (secondary N) is 1. The molecule has 29 heavy (non-hydrogen) atoms. The molecule has 0 unspecified atom stereocenters. The Morgan fingerprint density at radius 3 is 2.31 bits per heavy atom. The molecule has 0 saturated heterocycles. The van der Waals surface area contributed by atoms with E-state index in [4.69, 9.17) is 10.4 Å². The molecule has 146 valence electrons. The number of hydrogen-bond acceptors (Lipinski definition) is 4. The van der Waals surface area contributed by atoms with Crippen molar-refractivity contribution in [3.63, 3.8) is 0 Å². The highest BCUT2D eigenvalue weighted by molar-refractivity contribution is 7.92. The highest BCUT2D eigenvalue weighted by Gasteiger charge is 2.18. The van der Waals surface area contributed by atoms with Crippen LogP contribution in [0.4, 0.5) is 5.69 Å². The van der Waals surface area contributed by atoms with Gasteiger partial charge in [-0.1, -0.05) is 36.4 Å². The smallest absolute Gasteiger partial charge is 0.335 e. The zero-order chi connectivity index (χ0) is 20.9. The average Bonchev–Trinajstić information content (AvgIpc) is 2.72. The van der Waals surface area contributed by atoms with Crippen LogP contribution in [0.1, 0.15) is 27.0 Å². The van der Waals surface area contributed by atoms with Crippen molar-refractivity contribution in [3.05, 3.63) is 95.1 Å². The second kappa shape index (κ2) is 8.59. The van der Waals surface area contributed by atoms with Gasteiger partial charge in [0.25, 0.3) is 10.0 Å². The molecule has 0 aromatic heterocycles. The minimum Gasteiger partial charge on any atom is -0.478 e. The normalized spacial score (nSPS) is 10.9. The Balaban J connectivity index is 1.72. The quantitative estimate of drug-likeness (QED) is 0.620. The molecule has 0 heterocycles. The first-order chi connectivity index (χ1) is 13.9. The molecule has 0 aliphatic rings. The summed E-state index contributed by atoms with van der Waals surface area (Å²) >= 11 is 0. The van der Waals surface area contributed by atoms with Crippen LogP contribution in [0.25, 0.3) is 0 Å². The van der Waals surface area contributed by atoms with Crippen molar-refractivity contribution in [2.75, 3.05) is 4.72 Å². The lowest BCUT2D eigenvalue weighted by molar-refractivity contribution is 0.0697. The maximum absolute atomic E-state index is 12.6. The number of aromatic carboxylic acids is 1. The molecule has 0 amide bonds. The summed E-state index contributed by atoms with van der Waals surface area (Å²) in [5.74, 6) is -0.963. The molecule has 3 aromatic carbocycles. The van der Waals surface area contributed by atoms with E-state index in [2.05, 4.69) is 4.72 Å². The molecule has 0 aliphatic carbocycles. The van der Waals surface area contributed by atoms with Crippen LogP contribution < -0.4 is 4.72 Å². The van der Waals surface area contributed by atoms with Crippen molar-refractivity contribution in [1.82, 2.24) is 0 Å². The lowest BCUT2D eigenvalue weighted by atomic mass is 10.0. The van der Waals surface area contributed by atoms with E-state index in [9.17, 15) is 13.2 Å². The number of sulfonamides is 1. The molecule has 2 N–H and O–H groups in total. The van der Waals surface area contributed by atoms with E-state index < -0.39 is 16.0 Å². The Kier molecular flexibility index (Phi) is 5.96. The highest BCUT2D eigenvalue weighted by Crippen LogP contribution is 2.20. The van der Waals surface area contributed by atoms with Crippen molar-refractivity contribution in [2.24, 2.45) is 0 Å². The molecular formula is C22H18N2O4S. The fraction of sp³-hybridized carbons (Fsp3) is 0.0909. The van der Waals surface area contributed by atoms with Gasteiger partial charge >= 0.3 is 5.97 Å². The summed E-state index contributed by atoms with van der Waals surface area (Å²) in [5, 5.41) is 18.1. The number of nitriles is 1. The number of carbonyl (C=O) groups is 1. The number of anilines is 1. The molecule has 0 fully saturated rings. The summed E-state index contributed by atoms with van der Waals surface area (Å²) in [6.45, 7) is 0. The Morgan fingerprint density at radius 2 is 1.62 bits per heavy atom. The van der Waals surface area contributed by atoms with Gasteiger partial charge in [-0.15, -0.1) is 0 Å². The molecule has 7 heteroatoms. The first-order valence-corrected chi connectivity index (χ1v) is 10.3. The van der Waals surface area contributed by atoms with Gasteiger partial charge in [-0.3, -0.25) is 4.72 Å². The maximum atomic E-state index is 12.6.